The zero-order valence-electron chi connectivity index (χ0n) is 13.5. The predicted molar refractivity (Wildman–Crippen MR) is 93.9 cm³/mol. The maximum Gasteiger partial charge on any atom is 0.170 e. The molecule has 0 spiro atoms. The summed E-state index contributed by atoms with van der Waals surface area (Å²) in [5.74, 6) is 0.690. The van der Waals surface area contributed by atoms with Gasteiger partial charge in [0.25, 0.3) is 0 Å². The topological polar surface area (TPSA) is 54.4 Å². The third-order valence-electron chi connectivity index (χ3n) is 4.33. The Balaban J connectivity index is 1.67. The Labute approximate surface area is 136 Å². The highest BCUT2D eigenvalue weighted by atomic mass is 16.1. The van der Waals surface area contributed by atoms with Crippen LogP contribution in [0.4, 0.5) is 11.4 Å². The Morgan fingerprint density at radius 1 is 1.22 bits per heavy atom. The Morgan fingerprint density at radius 3 is 2.74 bits per heavy atom. The van der Waals surface area contributed by atoms with Gasteiger partial charge in [-0.3, -0.25) is 14.8 Å². The molecule has 1 unspecified atom stereocenters. The second kappa shape index (κ2) is 6.73. The molecule has 0 saturated carbocycles. The van der Waals surface area contributed by atoms with E-state index < -0.39 is 0 Å². The molecule has 1 aromatic heterocycles. The standard InChI is InChI=1S/C19H21N3O/c1-3-13(2)14-4-6-15(7-5-14)21-11-16-10-19(23)17-8-9-20-12-18(17)22-16/h4-9,12-13,21H,3,10-11H2,1-2H3. The fourth-order valence-corrected chi connectivity index (χ4v) is 2.67. The van der Waals surface area contributed by atoms with Crippen LogP contribution in [0.1, 0.15) is 48.5 Å². The summed E-state index contributed by atoms with van der Waals surface area (Å²) < 4.78 is 0. The number of nitrogens with zero attached hydrogens (tertiary/aromatic N) is 2. The molecule has 0 fully saturated rings. The molecule has 2 aromatic rings. The number of ketones is 1. The quantitative estimate of drug-likeness (QED) is 0.892. The van der Waals surface area contributed by atoms with Gasteiger partial charge in [0.05, 0.1) is 24.8 Å². The Hall–Kier alpha value is -2.49. The van der Waals surface area contributed by atoms with E-state index in [1.807, 2.05) is 0 Å². The van der Waals surface area contributed by atoms with Crippen molar-refractivity contribution in [1.82, 2.24) is 4.98 Å². The van der Waals surface area contributed by atoms with Gasteiger partial charge in [0.1, 0.15) is 0 Å². The molecule has 0 amide bonds. The second-order valence-electron chi connectivity index (χ2n) is 5.96. The summed E-state index contributed by atoms with van der Waals surface area (Å²) in [6.07, 6.45) is 4.79. The van der Waals surface area contributed by atoms with Gasteiger partial charge < -0.3 is 5.32 Å². The molecule has 3 rings (SSSR count). The van der Waals surface area contributed by atoms with Crippen molar-refractivity contribution in [2.75, 3.05) is 11.9 Å². The number of hydrogen-bond acceptors (Lipinski definition) is 4. The number of benzene rings is 1. The summed E-state index contributed by atoms with van der Waals surface area (Å²) in [6, 6.07) is 10.2. The lowest BCUT2D eigenvalue weighted by atomic mass is 9.98. The number of anilines is 1. The molecule has 23 heavy (non-hydrogen) atoms. The van der Waals surface area contributed by atoms with Crippen LogP contribution in [0.15, 0.2) is 47.7 Å². The van der Waals surface area contributed by atoms with Gasteiger partial charge in [-0.1, -0.05) is 26.0 Å². The Bertz CT molecular complexity index is 735. The number of carbonyl (C=O) groups is 1. The highest BCUT2D eigenvalue weighted by Gasteiger charge is 2.19. The molecular weight excluding hydrogens is 286 g/mol. The Kier molecular flexibility index (Phi) is 4.51. The molecule has 0 aliphatic carbocycles. The van der Waals surface area contributed by atoms with E-state index in [0.717, 1.165) is 17.8 Å². The normalized spacial score (nSPS) is 14.9. The molecule has 1 aliphatic rings. The van der Waals surface area contributed by atoms with Crippen molar-refractivity contribution in [2.45, 2.75) is 32.6 Å². The van der Waals surface area contributed by atoms with Crippen molar-refractivity contribution in [3.63, 3.8) is 0 Å². The van der Waals surface area contributed by atoms with Crippen LogP contribution in [0.2, 0.25) is 0 Å². The van der Waals surface area contributed by atoms with Crippen LogP contribution in [0.25, 0.3) is 0 Å². The number of aromatic nitrogens is 1. The SMILES string of the molecule is CCC(C)c1ccc(NCC2=Nc3cnccc3C(=O)C2)cc1. The minimum atomic E-state index is 0.112. The monoisotopic (exact) mass is 307 g/mol. The highest BCUT2D eigenvalue weighted by molar-refractivity contribution is 6.16. The summed E-state index contributed by atoms with van der Waals surface area (Å²) in [6.45, 7) is 5.00. The zero-order chi connectivity index (χ0) is 16.2. The van der Waals surface area contributed by atoms with Gasteiger partial charge in [-0.05, 0) is 36.1 Å². The van der Waals surface area contributed by atoms with Gasteiger partial charge in [-0.15, -0.1) is 0 Å². The predicted octanol–water partition coefficient (Wildman–Crippen LogP) is 4.37. The number of hydrogen-bond donors (Lipinski definition) is 1. The van der Waals surface area contributed by atoms with E-state index in [0.29, 0.717) is 30.1 Å². The first kappa shape index (κ1) is 15.4. The minimum absolute atomic E-state index is 0.112. The third-order valence-corrected chi connectivity index (χ3v) is 4.33. The Morgan fingerprint density at radius 2 is 2.00 bits per heavy atom. The van der Waals surface area contributed by atoms with Crippen molar-refractivity contribution in [3.8, 4) is 0 Å². The van der Waals surface area contributed by atoms with Gasteiger partial charge in [0.2, 0.25) is 0 Å². The number of nitrogens with one attached hydrogen (secondary N) is 1. The first-order valence-corrected chi connectivity index (χ1v) is 8.05. The number of Topliss-reactive ketones (excluding diaryl/α,β-unsaturated/α-hetero) is 1. The maximum absolute atomic E-state index is 12.1. The molecule has 2 heterocycles. The van der Waals surface area contributed by atoms with E-state index in [2.05, 4.69) is 53.4 Å². The van der Waals surface area contributed by atoms with Crippen molar-refractivity contribution in [2.24, 2.45) is 4.99 Å². The lowest BCUT2D eigenvalue weighted by Crippen LogP contribution is -2.21. The molecule has 1 aliphatic heterocycles. The first-order valence-electron chi connectivity index (χ1n) is 8.05. The highest BCUT2D eigenvalue weighted by Crippen LogP contribution is 2.25. The van der Waals surface area contributed by atoms with Crippen LogP contribution in [-0.2, 0) is 0 Å². The van der Waals surface area contributed by atoms with E-state index >= 15 is 0 Å². The van der Waals surface area contributed by atoms with E-state index in [1.54, 1.807) is 18.5 Å². The summed E-state index contributed by atoms with van der Waals surface area (Å²) >= 11 is 0. The molecule has 1 N–H and O–H groups in total. The van der Waals surface area contributed by atoms with Crippen LogP contribution < -0.4 is 5.32 Å². The van der Waals surface area contributed by atoms with E-state index in [4.69, 9.17) is 0 Å². The summed E-state index contributed by atoms with van der Waals surface area (Å²) in [5.41, 5.74) is 4.59. The zero-order valence-corrected chi connectivity index (χ0v) is 13.5. The van der Waals surface area contributed by atoms with Crippen molar-refractivity contribution in [3.05, 3.63) is 53.9 Å². The van der Waals surface area contributed by atoms with E-state index in [1.165, 1.54) is 5.56 Å². The van der Waals surface area contributed by atoms with Crippen LogP contribution in [0.3, 0.4) is 0 Å². The van der Waals surface area contributed by atoms with Crippen molar-refractivity contribution >= 4 is 22.9 Å². The van der Waals surface area contributed by atoms with E-state index in [-0.39, 0.29) is 5.78 Å². The number of rotatable bonds is 5. The smallest absolute Gasteiger partial charge is 0.170 e. The number of fused-ring (bicyclic) bond motifs is 1. The van der Waals surface area contributed by atoms with Crippen molar-refractivity contribution < 1.29 is 4.79 Å². The van der Waals surface area contributed by atoms with Gasteiger partial charge in [0.15, 0.2) is 5.78 Å². The van der Waals surface area contributed by atoms with Crippen LogP contribution in [0.5, 0.6) is 0 Å². The summed E-state index contributed by atoms with van der Waals surface area (Å²) in [5, 5.41) is 3.35. The summed E-state index contributed by atoms with van der Waals surface area (Å²) in [4.78, 5) is 20.7. The van der Waals surface area contributed by atoms with Gasteiger partial charge in [-0.25, -0.2) is 0 Å². The molecule has 4 heteroatoms. The largest absolute Gasteiger partial charge is 0.380 e. The number of aliphatic imine (C=N–C) groups is 1. The average Bonchev–Trinajstić information content (AvgIpc) is 2.60. The first-order chi connectivity index (χ1) is 11.2. The fourth-order valence-electron chi connectivity index (χ4n) is 2.67. The molecule has 1 atom stereocenters. The lowest BCUT2D eigenvalue weighted by Gasteiger charge is -2.15. The van der Waals surface area contributed by atoms with Gasteiger partial charge in [0, 0.05) is 23.2 Å². The van der Waals surface area contributed by atoms with Gasteiger partial charge >= 0.3 is 0 Å². The molecule has 0 radical (unpaired) electrons. The third kappa shape index (κ3) is 3.47. The van der Waals surface area contributed by atoms with E-state index in [9.17, 15) is 4.79 Å². The number of pyridine rings is 1. The van der Waals surface area contributed by atoms with Crippen LogP contribution in [-0.4, -0.2) is 23.0 Å². The van der Waals surface area contributed by atoms with Crippen LogP contribution in [0, 0.1) is 0 Å². The molecule has 118 valence electrons. The van der Waals surface area contributed by atoms with Gasteiger partial charge in [-0.2, -0.15) is 0 Å². The molecule has 1 aromatic carbocycles. The van der Waals surface area contributed by atoms with Crippen molar-refractivity contribution in [1.29, 1.82) is 0 Å². The fraction of sp³-hybridized carbons (Fsp3) is 0.316. The maximum atomic E-state index is 12.1. The lowest BCUT2D eigenvalue weighted by molar-refractivity contribution is 0.0999. The van der Waals surface area contributed by atoms with Crippen LogP contribution >= 0.6 is 0 Å². The summed E-state index contributed by atoms with van der Waals surface area (Å²) in [7, 11) is 0. The molecule has 0 bridgehead atoms. The molecule has 4 nitrogen and oxygen atoms in total. The molecular formula is C19H21N3O. The average molecular weight is 307 g/mol. The minimum Gasteiger partial charge on any atom is -0.380 e. The second-order valence-corrected chi connectivity index (χ2v) is 5.96. The molecule has 0 saturated heterocycles. The number of carbonyl (C=O) groups excluding carboxylic acids is 1.